The second-order valence-corrected chi connectivity index (χ2v) is 10.5. The Kier molecular flexibility index (Phi) is 4.69. The van der Waals surface area contributed by atoms with Crippen molar-refractivity contribution in [3.8, 4) is 28.5 Å². The highest BCUT2D eigenvalue weighted by Gasteiger charge is 2.20. The first-order valence-electron chi connectivity index (χ1n) is 12.7. The summed E-state index contributed by atoms with van der Waals surface area (Å²) in [6.07, 6.45) is 0. The standard InChI is InChI=1S/C34H21N3S/c1-3-11-22(12-4-1)28-21-29(23-13-5-2-6-14-23)36-34(35-28)37-30-17-9-7-15-24(30)26-19-20-27-25-16-8-10-18-31(25)38-33(27)32(26)37/h1-21H. The van der Waals surface area contributed by atoms with Crippen LogP contribution in [0, 0.1) is 0 Å². The highest BCUT2D eigenvalue weighted by atomic mass is 32.1. The monoisotopic (exact) mass is 503 g/mol. The number of para-hydroxylation sites is 1. The molecule has 8 aromatic rings. The SMILES string of the molecule is c1ccc(-c2cc(-c3ccccc3)nc(-n3c4ccccc4c4ccc5c6ccccc6sc5c43)n2)cc1. The molecule has 0 aliphatic carbocycles. The Labute approximate surface area is 223 Å². The van der Waals surface area contributed by atoms with Gasteiger partial charge >= 0.3 is 0 Å². The first kappa shape index (κ1) is 21.3. The molecule has 8 rings (SSSR count). The van der Waals surface area contributed by atoms with Gasteiger partial charge in [-0.3, -0.25) is 4.57 Å². The quantitative estimate of drug-likeness (QED) is 0.240. The summed E-state index contributed by atoms with van der Waals surface area (Å²) in [7, 11) is 0. The first-order valence-corrected chi connectivity index (χ1v) is 13.5. The molecule has 0 aliphatic heterocycles. The number of nitrogens with zero attached hydrogens (tertiary/aromatic N) is 3. The Hall–Kier alpha value is -4.80. The molecule has 5 aromatic carbocycles. The minimum atomic E-state index is 0.682. The van der Waals surface area contributed by atoms with E-state index < -0.39 is 0 Å². The second-order valence-electron chi connectivity index (χ2n) is 9.46. The van der Waals surface area contributed by atoms with E-state index in [-0.39, 0.29) is 0 Å². The van der Waals surface area contributed by atoms with Crippen molar-refractivity contribution in [2.45, 2.75) is 0 Å². The lowest BCUT2D eigenvalue weighted by atomic mass is 10.1. The van der Waals surface area contributed by atoms with Crippen molar-refractivity contribution in [1.82, 2.24) is 14.5 Å². The van der Waals surface area contributed by atoms with E-state index in [1.165, 1.54) is 30.9 Å². The lowest BCUT2D eigenvalue weighted by molar-refractivity contribution is 0.998. The van der Waals surface area contributed by atoms with Gasteiger partial charge in [0.15, 0.2) is 0 Å². The van der Waals surface area contributed by atoms with E-state index >= 15 is 0 Å². The Bertz CT molecular complexity index is 2070. The largest absolute Gasteiger partial charge is 0.276 e. The van der Waals surface area contributed by atoms with E-state index in [0.717, 1.165) is 33.5 Å². The second kappa shape index (κ2) is 8.37. The number of aromatic nitrogens is 3. The van der Waals surface area contributed by atoms with Gasteiger partial charge in [-0.2, -0.15) is 0 Å². The van der Waals surface area contributed by atoms with E-state index in [1.807, 2.05) is 23.5 Å². The summed E-state index contributed by atoms with van der Waals surface area (Å²) < 4.78 is 4.81. The molecule has 0 spiro atoms. The zero-order valence-electron chi connectivity index (χ0n) is 20.4. The fourth-order valence-corrected chi connectivity index (χ4v) is 6.73. The van der Waals surface area contributed by atoms with E-state index in [4.69, 9.17) is 9.97 Å². The fraction of sp³-hybridized carbons (Fsp3) is 0. The van der Waals surface area contributed by atoms with Crippen molar-refractivity contribution >= 4 is 53.3 Å². The molecule has 4 heteroatoms. The lowest BCUT2D eigenvalue weighted by Gasteiger charge is -2.12. The minimum absolute atomic E-state index is 0.682. The maximum absolute atomic E-state index is 5.19. The maximum atomic E-state index is 5.19. The number of rotatable bonds is 3. The zero-order chi connectivity index (χ0) is 25.1. The summed E-state index contributed by atoms with van der Waals surface area (Å²) in [5, 5.41) is 4.98. The highest BCUT2D eigenvalue weighted by Crippen LogP contribution is 2.42. The summed E-state index contributed by atoms with van der Waals surface area (Å²) in [5.41, 5.74) is 6.22. The Morgan fingerprint density at radius 1 is 0.500 bits per heavy atom. The van der Waals surface area contributed by atoms with E-state index in [2.05, 4.69) is 120 Å². The number of fused-ring (bicyclic) bond motifs is 7. The predicted molar refractivity (Wildman–Crippen MR) is 160 cm³/mol. The van der Waals surface area contributed by atoms with Gasteiger partial charge in [-0.25, -0.2) is 9.97 Å². The average molecular weight is 504 g/mol. The summed E-state index contributed by atoms with van der Waals surface area (Å²) in [5.74, 6) is 0.682. The molecule has 0 aliphatic rings. The Morgan fingerprint density at radius 2 is 1.08 bits per heavy atom. The van der Waals surface area contributed by atoms with Crippen LogP contribution in [-0.2, 0) is 0 Å². The molecule has 0 radical (unpaired) electrons. The van der Waals surface area contributed by atoms with Crippen LogP contribution in [0.25, 0.3) is 70.4 Å². The number of thiophene rings is 1. The van der Waals surface area contributed by atoms with Crippen LogP contribution in [0.4, 0.5) is 0 Å². The molecule has 0 unspecified atom stereocenters. The molecule has 178 valence electrons. The van der Waals surface area contributed by atoms with Crippen LogP contribution in [0.3, 0.4) is 0 Å². The van der Waals surface area contributed by atoms with Gasteiger partial charge in [0.05, 0.1) is 27.1 Å². The fourth-order valence-electron chi connectivity index (χ4n) is 5.49. The molecular weight excluding hydrogens is 482 g/mol. The van der Waals surface area contributed by atoms with Crippen molar-refractivity contribution in [2.75, 3.05) is 0 Å². The maximum Gasteiger partial charge on any atom is 0.235 e. The molecule has 38 heavy (non-hydrogen) atoms. The average Bonchev–Trinajstić information content (AvgIpc) is 3.54. The number of benzene rings is 5. The molecule has 0 saturated carbocycles. The molecule has 0 N–H and O–H groups in total. The third-order valence-corrected chi connectivity index (χ3v) is 8.43. The van der Waals surface area contributed by atoms with Gasteiger partial charge in [0.1, 0.15) is 0 Å². The molecule has 0 fully saturated rings. The summed E-state index contributed by atoms with van der Waals surface area (Å²) in [6, 6.07) is 44.6. The van der Waals surface area contributed by atoms with Gasteiger partial charge in [-0.05, 0) is 18.2 Å². The van der Waals surface area contributed by atoms with Gasteiger partial charge in [0, 0.05) is 37.4 Å². The molecule has 0 atom stereocenters. The molecule has 0 bridgehead atoms. The van der Waals surface area contributed by atoms with Crippen LogP contribution in [-0.4, -0.2) is 14.5 Å². The van der Waals surface area contributed by atoms with Gasteiger partial charge in [-0.1, -0.05) is 109 Å². The van der Waals surface area contributed by atoms with Gasteiger partial charge < -0.3 is 0 Å². The summed E-state index contributed by atoms with van der Waals surface area (Å²) in [6.45, 7) is 0. The lowest BCUT2D eigenvalue weighted by Crippen LogP contribution is -2.04. The van der Waals surface area contributed by atoms with Crippen molar-refractivity contribution in [3.05, 3.63) is 127 Å². The van der Waals surface area contributed by atoms with Crippen molar-refractivity contribution < 1.29 is 0 Å². The van der Waals surface area contributed by atoms with Crippen LogP contribution in [0.5, 0.6) is 0 Å². The van der Waals surface area contributed by atoms with Gasteiger partial charge in [-0.15, -0.1) is 11.3 Å². The number of hydrogen-bond acceptors (Lipinski definition) is 3. The van der Waals surface area contributed by atoms with Crippen LogP contribution in [0.15, 0.2) is 127 Å². The highest BCUT2D eigenvalue weighted by molar-refractivity contribution is 7.26. The van der Waals surface area contributed by atoms with Gasteiger partial charge in [0.2, 0.25) is 5.95 Å². The Balaban J connectivity index is 1.53. The van der Waals surface area contributed by atoms with E-state index in [1.54, 1.807) is 0 Å². The molecule has 0 saturated heterocycles. The zero-order valence-corrected chi connectivity index (χ0v) is 21.2. The van der Waals surface area contributed by atoms with E-state index in [0.29, 0.717) is 5.95 Å². The molecule has 3 heterocycles. The molecule has 3 aromatic heterocycles. The summed E-state index contributed by atoms with van der Waals surface area (Å²) in [4.78, 5) is 10.4. The molecule has 3 nitrogen and oxygen atoms in total. The number of hydrogen-bond donors (Lipinski definition) is 0. The van der Waals surface area contributed by atoms with Crippen LogP contribution in [0.2, 0.25) is 0 Å². The smallest absolute Gasteiger partial charge is 0.235 e. The summed E-state index contributed by atoms with van der Waals surface area (Å²) >= 11 is 1.84. The van der Waals surface area contributed by atoms with Crippen LogP contribution in [0.1, 0.15) is 0 Å². The van der Waals surface area contributed by atoms with Crippen LogP contribution < -0.4 is 0 Å². The predicted octanol–water partition coefficient (Wildman–Crippen LogP) is 9.28. The first-order chi connectivity index (χ1) is 18.8. The Morgan fingerprint density at radius 3 is 1.79 bits per heavy atom. The topological polar surface area (TPSA) is 30.7 Å². The minimum Gasteiger partial charge on any atom is -0.276 e. The van der Waals surface area contributed by atoms with Crippen molar-refractivity contribution in [2.24, 2.45) is 0 Å². The third-order valence-electron chi connectivity index (χ3n) is 7.23. The molecule has 0 amide bonds. The molecular formula is C34H21N3S. The van der Waals surface area contributed by atoms with Gasteiger partial charge in [0.25, 0.3) is 0 Å². The van der Waals surface area contributed by atoms with Crippen molar-refractivity contribution in [3.63, 3.8) is 0 Å². The normalized spacial score (nSPS) is 11.7. The third kappa shape index (κ3) is 3.21. The van der Waals surface area contributed by atoms with Crippen molar-refractivity contribution in [1.29, 1.82) is 0 Å². The van der Waals surface area contributed by atoms with Crippen LogP contribution >= 0.6 is 11.3 Å². The van der Waals surface area contributed by atoms with E-state index in [9.17, 15) is 0 Å².